The van der Waals surface area contributed by atoms with Crippen molar-refractivity contribution in [3.63, 3.8) is 0 Å². The highest BCUT2D eigenvalue weighted by Gasteiger charge is 2.40. The third-order valence-corrected chi connectivity index (χ3v) is 5.10. The van der Waals surface area contributed by atoms with Crippen LogP contribution >= 0.6 is 0 Å². The second-order valence-corrected chi connectivity index (χ2v) is 7.25. The number of rotatable bonds is 1. The van der Waals surface area contributed by atoms with Crippen LogP contribution in [0, 0.1) is 41.4 Å². The first-order valence-corrected chi connectivity index (χ1v) is 8.26. The van der Waals surface area contributed by atoms with Gasteiger partial charge in [0.05, 0.1) is 5.92 Å². The Morgan fingerprint density at radius 1 is 0.900 bits per heavy atom. The standard InChI is InChI=1S/C18H28F2/c1-12(2)4-9-16-17(19)10-15(11-18(16)20)14-7-5-13(3)6-8-14/h12-18H,5-8,10-11H2,1-3H3. The summed E-state index contributed by atoms with van der Waals surface area (Å²) in [4.78, 5) is 0. The van der Waals surface area contributed by atoms with E-state index in [1.165, 1.54) is 12.8 Å². The smallest absolute Gasteiger partial charge is 0.117 e. The normalized spacial score (nSPS) is 42.1. The molecule has 0 amide bonds. The molecular formula is C18H28F2. The van der Waals surface area contributed by atoms with Crippen LogP contribution in [0.15, 0.2) is 0 Å². The summed E-state index contributed by atoms with van der Waals surface area (Å²) in [6.07, 6.45) is 3.68. The van der Waals surface area contributed by atoms with Crippen molar-refractivity contribution < 1.29 is 8.78 Å². The second kappa shape index (κ2) is 6.92. The van der Waals surface area contributed by atoms with Crippen molar-refractivity contribution in [2.45, 2.75) is 71.6 Å². The van der Waals surface area contributed by atoms with E-state index in [1.54, 1.807) is 0 Å². The SMILES string of the molecule is CC(C)C#CC1C(F)CC(C2CCC(C)CC2)CC1F. The van der Waals surface area contributed by atoms with Crippen molar-refractivity contribution in [3.05, 3.63) is 0 Å². The minimum Gasteiger partial charge on any atom is -0.246 e. The van der Waals surface area contributed by atoms with Gasteiger partial charge in [-0.25, -0.2) is 8.78 Å². The maximum absolute atomic E-state index is 14.3. The fraction of sp³-hybridized carbons (Fsp3) is 0.889. The number of hydrogen-bond acceptors (Lipinski definition) is 0. The summed E-state index contributed by atoms with van der Waals surface area (Å²) < 4.78 is 28.6. The van der Waals surface area contributed by atoms with E-state index < -0.39 is 18.3 Å². The first-order chi connectivity index (χ1) is 9.47. The first-order valence-electron chi connectivity index (χ1n) is 8.26. The fourth-order valence-electron chi connectivity index (χ4n) is 3.78. The van der Waals surface area contributed by atoms with E-state index in [2.05, 4.69) is 18.8 Å². The van der Waals surface area contributed by atoms with Gasteiger partial charge in [-0.05, 0) is 43.4 Å². The molecule has 2 unspecified atom stereocenters. The quantitative estimate of drug-likeness (QED) is 0.582. The molecule has 0 aromatic carbocycles. The van der Waals surface area contributed by atoms with E-state index in [4.69, 9.17) is 0 Å². The summed E-state index contributed by atoms with van der Waals surface area (Å²) in [5.41, 5.74) is 0. The van der Waals surface area contributed by atoms with E-state index in [0.29, 0.717) is 18.8 Å². The minimum absolute atomic E-state index is 0.187. The highest BCUT2D eigenvalue weighted by atomic mass is 19.1. The van der Waals surface area contributed by atoms with Crippen LogP contribution in [0.4, 0.5) is 8.78 Å². The maximum atomic E-state index is 14.3. The van der Waals surface area contributed by atoms with Gasteiger partial charge in [-0.1, -0.05) is 45.5 Å². The summed E-state index contributed by atoms with van der Waals surface area (Å²) in [6, 6.07) is 0. The molecule has 2 fully saturated rings. The first kappa shape index (κ1) is 15.8. The molecular weight excluding hydrogens is 254 g/mol. The highest BCUT2D eigenvalue weighted by Crippen LogP contribution is 2.43. The van der Waals surface area contributed by atoms with Crippen molar-refractivity contribution in [1.29, 1.82) is 0 Å². The van der Waals surface area contributed by atoms with E-state index >= 15 is 0 Å². The molecule has 2 rings (SSSR count). The van der Waals surface area contributed by atoms with Crippen LogP contribution in [-0.4, -0.2) is 12.3 Å². The molecule has 0 heterocycles. The topological polar surface area (TPSA) is 0 Å². The fourth-order valence-corrected chi connectivity index (χ4v) is 3.78. The number of hydrogen-bond donors (Lipinski definition) is 0. The molecule has 2 aliphatic rings. The van der Waals surface area contributed by atoms with Crippen LogP contribution in [-0.2, 0) is 0 Å². The van der Waals surface area contributed by atoms with Gasteiger partial charge in [-0.3, -0.25) is 0 Å². The van der Waals surface area contributed by atoms with E-state index in [1.807, 2.05) is 13.8 Å². The Morgan fingerprint density at radius 2 is 1.45 bits per heavy atom. The predicted molar refractivity (Wildman–Crippen MR) is 79.7 cm³/mol. The van der Waals surface area contributed by atoms with Crippen molar-refractivity contribution in [3.8, 4) is 11.8 Å². The molecule has 20 heavy (non-hydrogen) atoms. The molecule has 0 radical (unpaired) electrons. The summed E-state index contributed by atoms with van der Waals surface area (Å²) in [7, 11) is 0. The molecule has 0 aliphatic heterocycles. The number of alkyl halides is 2. The van der Waals surface area contributed by atoms with Gasteiger partial charge in [-0.15, -0.1) is 0 Å². The van der Waals surface area contributed by atoms with Gasteiger partial charge in [0.2, 0.25) is 0 Å². The van der Waals surface area contributed by atoms with Crippen LogP contribution in [0.3, 0.4) is 0 Å². The Labute approximate surface area is 122 Å². The average Bonchev–Trinajstić information content (AvgIpc) is 2.38. The Morgan fingerprint density at radius 3 is 1.95 bits per heavy atom. The lowest BCUT2D eigenvalue weighted by atomic mass is 9.68. The lowest BCUT2D eigenvalue weighted by Gasteiger charge is -2.39. The van der Waals surface area contributed by atoms with Crippen molar-refractivity contribution >= 4 is 0 Å². The minimum atomic E-state index is -1.07. The molecule has 0 N–H and O–H groups in total. The summed E-state index contributed by atoms with van der Waals surface area (Å²) in [5, 5.41) is 0. The van der Waals surface area contributed by atoms with Gasteiger partial charge >= 0.3 is 0 Å². The highest BCUT2D eigenvalue weighted by molar-refractivity contribution is 5.11. The number of halogens is 2. The van der Waals surface area contributed by atoms with Gasteiger partial charge in [-0.2, -0.15) is 0 Å². The summed E-state index contributed by atoms with van der Waals surface area (Å²) >= 11 is 0. The van der Waals surface area contributed by atoms with E-state index in [9.17, 15) is 8.78 Å². The second-order valence-electron chi connectivity index (χ2n) is 7.25. The molecule has 0 aromatic heterocycles. The lowest BCUT2D eigenvalue weighted by Crippen LogP contribution is -2.38. The monoisotopic (exact) mass is 282 g/mol. The molecule has 0 saturated heterocycles. The molecule has 114 valence electrons. The molecule has 2 heteroatoms. The summed E-state index contributed by atoms with van der Waals surface area (Å²) in [6.45, 7) is 6.20. The summed E-state index contributed by atoms with van der Waals surface area (Å²) in [5.74, 6) is 6.88. The lowest BCUT2D eigenvalue weighted by molar-refractivity contribution is 0.0395. The Balaban J connectivity index is 1.94. The molecule has 0 nitrogen and oxygen atoms in total. The Hall–Kier alpha value is -0.580. The predicted octanol–water partition coefficient (Wildman–Crippen LogP) is 5.17. The van der Waals surface area contributed by atoms with Gasteiger partial charge < -0.3 is 0 Å². The van der Waals surface area contributed by atoms with Crippen LogP contribution in [0.5, 0.6) is 0 Å². The van der Waals surface area contributed by atoms with Crippen molar-refractivity contribution in [2.75, 3.05) is 0 Å². The van der Waals surface area contributed by atoms with Crippen LogP contribution < -0.4 is 0 Å². The average molecular weight is 282 g/mol. The van der Waals surface area contributed by atoms with Gasteiger partial charge in [0, 0.05) is 5.92 Å². The maximum Gasteiger partial charge on any atom is 0.117 e. The Bertz CT molecular complexity index is 345. The van der Waals surface area contributed by atoms with Crippen LogP contribution in [0.2, 0.25) is 0 Å². The largest absolute Gasteiger partial charge is 0.246 e. The zero-order valence-corrected chi connectivity index (χ0v) is 13.0. The molecule has 0 spiro atoms. The van der Waals surface area contributed by atoms with Crippen LogP contribution in [0.1, 0.15) is 59.3 Å². The van der Waals surface area contributed by atoms with E-state index in [0.717, 1.165) is 18.8 Å². The zero-order chi connectivity index (χ0) is 14.7. The molecule has 2 saturated carbocycles. The third kappa shape index (κ3) is 3.96. The van der Waals surface area contributed by atoms with Gasteiger partial charge in [0.1, 0.15) is 12.3 Å². The Kier molecular flexibility index (Phi) is 5.47. The van der Waals surface area contributed by atoms with Gasteiger partial charge in [0.15, 0.2) is 0 Å². The van der Waals surface area contributed by atoms with Crippen molar-refractivity contribution in [2.24, 2.45) is 29.6 Å². The van der Waals surface area contributed by atoms with Crippen molar-refractivity contribution in [1.82, 2.24) is 0 Å². The molecule has 0 aromatic rings. The molecule has 0 bridgehead atoms. The molecule has 2 atom stereocenters. The van der Waals surface area contributed by atoms with Crippen LogP contribution in [0.25, 0.3) is 0 Å². The molecule has 2 aliphatic carbocycles. The third-order valence-electron chi connectivity index (χ3n) is 5.10. The zero-order valence-electron chi connectivity index (χ0n) is 13.0. The van der Waals surface area contributed by atoms with Gasteiger partial charge in [0.25, 0.3) is 0 Å². The van der Waals surface area contributed by atoms with E-state index in [-0.39, 0.29) is 11.8 Å².